The monoisotopic (exact) mass is 335 g/mol. The van der Waals surface area contributed by atoms with Crippen LogP contribution < -0.4 is 14.2 Å². The highest BCUT2D eigenvalue weighted by Gasteiger charge is 2.31. The van der Waals surface area contributed by atoms with Gasteiger partial charge in [0.05, 0.1) is 7.05 Å². The average Bonchev–Trinajstić information content (AvgIpc) is 3.00. The minimum absolute atomic E-state index is 0.761. The third kappa shape index (κ3) is 2.37. The van der Waals surface area contributed by atoms with Crippen LogP contribution in [0.5, 0.6) is 0 Å². The zero-order chi connectivity index (χ0) is 17.6. The van der Waals surface area contributed by atoms with Crippen LogP contribution in [0.2, 0.25) is 0 Å². The average molecular weight is 335 g/mol. The van der Waals surface area contributed by atoms with E-state index in [-0.39, 0.29) is 0 Å². The van der Waals surface area contributed by atoms with Crippen LogP contribution in [0.4, 0.5) is 5.82 Å². The number of quaternary nitrogens is 1. The summed E-state index contributed by atoms with van der Waals surface area (Å²) >= 11 is 0. The first kappa shape index (κ1) is 15.9. The lowest BCUT2D eigenvalue weighted by Gasteiger charge is -2.29. The fraction of sp³-hybridized carbons (Fsp3) is 0.400. The Labute approximate surface area is 148 Å². The molecule has 0 radical (unpaired) electrons. The number of nitrogens with one attached hydrogen (secondary N) is 2. The second kappa shape index (κ2) is 6.05. The molecule has 2 N–H and O–H groups in total. The Morgan fingerprint density at radius 3 is 2.68 bits per heavy atom. The predicted molar refractivity (Wildman–Crippen MR) is 99.1 cm³/mol. The van der Waals surface area contributed by atoms with E-state index in [2.05, 4.69) is 59.4 Å². The van der Waals surface area contributed by atoms with Gasteiger partial charge in [0.25, 0.3) is 0 Å². The number of anilines is 1. The van der Waals surface area contributed by atoms with Crippen LogP contribution in [0.15, 0.2) is 24.3 Å². The molecule has 0 aliphatic carbocycles. The van der Waals surface area contributed by atoms with Crippen molar-refractivity contribution in [2.24, 2.45) is 0 Å². The first-order valence-electron chi connectivity index (χ1n) is 9.10. The molecule has 5 nitrogen and oxygen atoms in total. The zero-order valence-electron chi connectivity index (χ0n) is 15.2. The lowest BCUT2D eigenvalue weighted by molar-refractivity contribution is -0.880. The summed E-state index contributed by atoms with van der Waals surface area (Å²) in [5.74, 6) is 1.26. The van der Waals surface area contributed by atoms with E-state index in [4.69, 9.17) is 0 Å². The van der Waals surface area contributed by atoms with E-state index < -0.39 is 0 Å². The topological polar surface area (TPSA) is 51.4 Å². The minimum atomic E-state index is 0.761. The quantitative estimate of drug-likeness (QED) is 0.686. The van der Waals surface area contributed by atoms with E-state index in [0.29, 0.717) is 0 Å². The second-order valence-electron chi connectivity index (χ2n) is 7.04. The normalized spacial score (nSPS) is 15.8. The lowest BCUT2D eigenvalue weighted by atomic mass is 10.0. The number of fused-ring (bicyclic) bond motifs is 3. The molecule has 0 unspecified atom stereocenters. The maximum atomic E-state index is 9.80. The van der Waals surface area contributed by atoms with E-state index in [1.54, 1.807) is 4.90 Å². The molecular formula is C20H25N5+2. The maximum absolute atomic E-state index is 9.80. The van der Waals surface area contributed by atoms with Crippen LogP contribution in [-0.2, 0) is 6.42 Å². The van der Waals surface area contributed by atoms with Crippen LogP contribution in [0.1, 0.15) is 23.6 Å². The Balaban J connectivity index is 2.10. The highest BCUT2D eigenvalue weighted by atomic mass is 15.3. The van der Waals surface area contributed by atoms with Crippen LogP contribution in [-0.4, -0.2) is 38.2 Å². The van der Waals surface area contributed by atoms with Crippen LogP contribution >= 0.6 is 0 Å². The number of likely N-dealkylation sites (N-methyl/N-ethyl adjacent to an activating group) is 1. The van der Waals surface area contributed by atoms with Gasteiger partial charge in [-0.25, -0.2) is 0 Å². The molecule has 0 bridgehead atoms. The maximum Gasteiger partial charge on any atom is 0.250 e. The van der Waals surface area contributed by atoms with Crippen LogP contribution in [0.3, 0.4) is 0 Å². The van der Waals surface area contributed by atoms with E-state index >= 15 is 0 Å². The van der Waals surface area contributed by atoms with Gasteiger partial charge in [-0.15, -0.1) is 0 Å². The number of pyridine rings is 1. The van der Waals surface area contributed by atoms with Crippen molar-refractivity contribution in [3.8, 4) is 6.07 Å². The first-order valence-corrected chi connectivity index (χ1v) is 9.10. The van der Waals surface area contributed by atoms with Crippen molar-refractivity contribution in [1.29, 1.82) is 5.26 Å². The molecule has 128 valence electrons. The Kier molecular flexibility index (Phi) is 3.85. The number of rotatable bonds is 2. The van der Waals surface area contributed by atoms with E-state index in [9.17, 15) is 5.26 Å². The summed E-state index contributed by atoms with van der Waals surface area (Å²) in [6.07, 6.45) is 0.928. The van der Waals surface area contributed by atoms with Crippen molar-refractivity contribution in [3.63, 3.8) is 0 Å². The molecule has 25 heavy (non-hydrogen) atoms. The molecule has 0 spiro atoms. The molecule has 1 saturated heterocycles. The lowest BCUT2D eigenvalue weighted by Crippen LogP contribution is -3.12. The van der Waals surface area contributed by atoms with Crippen LogP contribution in [0.25, 0.3) is 16.7 Å². The predicted octanol–water partition coefficient (Wildman–Crippen LogP) is 0.984. The molecule has 1 aromatic carbocycles. The summed E-state index contributed by atoms with van der Waals surface area (Å²) in [7, 11) is 2.26. The fourth-order valence-corrected chi connectivity index (χ4v) is 4.10. The molecule has 1 aliphatic rings. The van der Waals surface area contributed by atoms with Gasteiger partial charge in [0.1, 0.15) is 48.8 Å². The van der Waals surface area contributed by atoms with E-state index in [1.807, 2.05) is 6.07 Å². The molecule has 2 aromatic heterocycles. The molecule has 0 saturated carbocycles. The molecule has 3 aromatic rings. The van der Waals surface area contributed by atoms with E-state index in [1.165, 1.54) is 11.4 Å². The van der Waals surface area contributed by atoms with Gasteiger partial charge in [-0.1, -0.05) is 19.1 Å². The van der Waals surface area contributed by atoms with Gasteiger partial charge in [-0.05, 0) is 31.0 Å². The molecule has 1 aliphatic heterocycles. The van der Waals surface area contributed by atoms with Crippen molar-refractivity contribution in [3.05, 3.63) is 41.0 Å². The van der Waals surface area contributed by atoms with Crippen molar-refractivity contribution >= 4 is 22.5 Å². The van der Waals surface area contributed by atoms with Gasteiger partial charge in [-0.2, -0.15) is 9.66 Å². The van der Waals surface area contributed by atoms with Gasteiger partial charge in [-0.3, -0.25) is 9.88 Å². The van der Waals surface area contributed by atoms with Crippen molar-refractivity contribution in [2.45, 2.75) is 20.3 Å². The van der Waals surface area contributed by atoms with Gasteiger partial charge in [0.15, 0.2) is 0 Å². The highest BCUT2D eigenvalue weighted by molar-refractivity contribution is 5.78. The zero-order valence-corrected chi connectivity index (χ0v) is 15.2. The van der Waals surface area contributed by atoms with Gasteiger partial charge < -0.3 is 4.90 Å². The smallest absolute Gasteiger partial charge is 0.250 e. The first-order chi connectivity index (χ1) is 12.2. The molecule has 4 rings (SSSR count). The Bertz CT molecular complexity index is 987. The van der Waals surface area contributed by atoms with Gasteiger partial charge >= 0.3 is 0 Å². The number of aromatic amines is 1. The summed E-state index contributed by atoms with van der Waals surface area (Å²) < 4.78 is 2.28. The molecule has 0 atom stereocenters. The summed E-state index contributed by atoms with van der Waals surface area (Å²) in [5.41, 5.74) is 6.30. The Morgan fingerprint density at radius 2 is 2.00 bits per heavy atom. The Morgan fingerprint density at radius 1 is 1.28 bits per heavy atom. The third-order valence-corrected chi connectivity index (χ3v) is 5.55. The Hall–Kier alpha value is -2.58. The van der Waals surface area contributed by atoms with Crippen molar-refractivity contribution in [1.82, 2.24) is 4.98 Å². The number of nitrogens with zero attached hydrogens (tertiary/aromatic N) is 3. The number of nitriles is 1. The highest BCUT2D eigenvalue weighted by Crippen LogP contribution is 2.28. The summed E-state index contributed by atoms with van der Waals surface area (Å²) in [6, 6.07) is 10.8. The van der Waals surface area contributed by atoms with Crippen molar-refractivity contribution < 1.29 is 9.30 Å². The number of benzene rings is 1. The van der Waals surface area contributed by atoms with Crippen LogP contribution in [0, 0.1) is 18.3 Å². The number of piperazine rings is 1. The number of aromatic nitrogens is 2. The number of para-hydroxylation sites is 2. The molecule has 0 amide bonds. The standard InChI is InChI=1S/C20H23N5/c1-4-15-14(2)16(13-21)19-22-17-7-5-6-8-18(17)25(19)20(15)24-11-9-23(3)10-12-24/h5-8H,4,9-12H2,1-3H3/p+2. The third-order valence-electron chi connectivity index (χ3n) is 5.55. The largest absolute Gasteiger partial charge is 0.332 e. The molecule has 1 fully saturated rings. The van der Waals surface area contributed by atoms with E-state index in [0.717, 1.165) is 60.4 Å². The van der Waals surface area contributed by atoms with Gasteiger partial charge in [0, 0.05) is 5.56 Å². The number of H-pyrrole nitrogens is 1. The molecule has 3 heterocycles. The minimum Gasteiger partial charge on any atom is -0.332 e. The molecule has 5 heteroatoms. The number of hydrogen-bond donors (Lipinski definition) is 2. The van der Waals surface area contributed by atoms with Crippen molar-refractivity contribution in [2.75, 3.05) is 38.1 Å². The SMILES string of the molecule is CCc1c(C)c(C#N)c2[nH]c3ccccc3[n+]2c1N1CC[NH+](C)CC1. The summed E-state index contributed by atoms with van der Waals surface area (Å²) in [5, 5.41) is 9.80. The summed E-state index contributed by atoms with van der Waals surface area (Å²) in [4.78, 5) is 7.58. The fourth-order valence-electron chi connectivity index (χ4n) is 4.10. The second-order valence-corrected chi connectivity index (χ2v) is 7.04. The molecular weight excluding hydrogens is 310 g/mol. The number of hydrogen-bond acceptors (Lipinski definition) is 2. The summed E-state index contributed by atoms with van der Waals surface area (Å²) in [6.45, 7) is 8.67. The number of imidazole rings is 1. The van der Waals surface area contributed by atoms with Gasteiger partial charge in [0.2, 0.25) is 11.5 Å².